The lowest BCUT2D eigenvalue weighted by atomic mass is 10.1. The summed E-state index contributed by atoms with van der Waals surface area (Å²) in [4.78, 5) is 14.4. The van der Waals surface area contributed by atoms with Gasteiger partial charge in [-0.3, -0.25) is 10.1 Å². The van der Waals surface area contributed by atoms with Crippen LogP contribution in [0.4, 0.5) is 5.69 Å². The van der Waals surface area contributed by atoms with Crippen LogP contribution >= 0.6 is 0 Å². The van der Waals surface area contributed by atoms with Gasteiger partial charge in [0.1, 0.15) is 11.8 Å². The third-order valence-corrected chi connectivity index (χ3v) is 2.77. The van der Waals surface area contributed by atoms with E-state index in [0.717, 1.165) is 5.56 Å². The van der Waals surface area contributed by atoms with Crippen molar-refractivity contribution in [2.75, 3.05) is 0 Å². The number of nitro groups is 1. The van der Waals surface area contributed by atoms with Crippen LogP contribution in [-0.2, 0) is 0 Å². The molecule has 6 nitrogen and oxygen atoms in total. The Morgan fingerprint density at radius 3 is 2.60 bits per heavy atom. The Morgan fingerprint density at radius 2 is 2.05 bits per heavy atom. The smallest absolute Gasteiger partial charge is 0.276 e. The highest BCUT2D eigenvalue weighted by atomic mass is 16.6. The molecule has 2 rings (SSSR count). The third kappa shape index (κ3) is 2.72. The Morgan fingerprint density at radius 1 is 1.30 bits per heavy atom. The number of benzene rings is 1. The molecule has 1 heterocycles. The molecule has 1 aromatic heterocycles. The Hall–Kier alpha value is -2.94. The van der Waals surface area contributed by atoms with E-state index in [1.54, 1.807) is 32.0 Å². The molecule has 0 aliphatic carbocycles. The number of rotatable bonds is 3. The van der Waals surface area contributed by atoms with Crippen molar-refractivity contribution in [3.8, 4) is 17.7 Å². The van der Waals surface area contributed by atoms with Crippen LogP contribution in [0.2, 0.25) is 0 Å². The summed E-state index contributed by atoms with van der Waals surface area (Å²) in [6, 6.07) is 8.14. The fourth-order valence-corrected chi connectivity index (χ4v) is 1.75. The first-order valence-corrected chi connectivity index (χ1v) is 5.81. The lowest BCUT2D eigenvalue weighted by molar-refractivity contribution is -0.385. The monoisotopic (exact) mass is 269 g/mol. The zero-order valence-electron chi connectivity index (χ0n) is 11.0. The summed E-state index contributed by atoms with van der Waals surface area (Å²) in [6.45, 7) is 3.48. The molecule has 1 aromatic carbocycles. The molecular weight excluding hydrogens is 258 g/mol. The van der Waals surface area contributed by atoms with Gasteiger partial charge >= 0.3 is 0 Å². The van der Waals surface area contributed by atoms with Crippen LogP contribution in [0, 0.1) is 35.3 Å². The van der Waals surface area contributed by atoms with Gasteiger partial charge in [0.25, 0.3) is 5.69 Å². The van der Waals surface area contributed by atoms with Gasteiger partial charge in [0.2, 0.25) is 5.88 Å². The average Bonchev–Trinajstić information content (AvgIpc) is 2.42. The van der Waals surface area contributed by atoms with Gasteiger partial charge in [-0.25, -0.2) is 4.98 Å². The highest BCUT2D eigenvalue weighted by Gasteiger charge is 2.15. The summed E-state index contributed by atoms with van der Waals surface area (Å²) in [7, 11) is 0. The van der Waals surface area contributed by atoms with Crippen LogP contribution in [0.25, 0.3) is 0 Å². The first-order chi connectivity index (χ1) is 9.51. The van der Waals surface area contributed by atoms with Crippen LogP contribution < -0.4 is 4.74 Å². The molecule has 0 amide bonds. The number of hydrogen-bond donors (Lipinski definition) is 0. The largest absolute Gasteiger partial charge is 0.439 e. The van der Waals surface area contributed by atoms with Crippen molar-refractivity contribution >= 4 is 5.69 Å². The van der Waals surface area contributed by atoms with E-state index in [2.05, 4.69) is 4.98 Å². The SMILES string of the molecule is Cc1cc(C)c([N+](=O)[O-])cc1Oc1ccc(C#N)cn1. The van der Waals surface area contributed by atoms with Gasteiger partial charge in [0, 0.05) is 17.8 Å². The summed E-state index contributed by atoms with van der Waals surface area (Å²) < 4.78 is 5.53. The molecule has 100 valence electrons. The topological polar surface area (TPSA) is 89.0 Å². The molecule has 0 saturated carbocycles. The average molecular weight is 269 g/mol. The Kier molecular flexibility index (Phi) is 3.62. The quantitative estimate of drug-likeness (QED) is 0.630. The maximum Gasteiger partial charge on any atom is 0.276 e. The second kappa shape index (κ2) is 5.36. The minimum atomic E-state index is -0.451. The molecule has 0 bridgehead atoms. The molecule has 20 heavy (non-hydrogen) atoms. The molecule has 0 aliphatic heterocycles. The Balaban J connectivity index is 2.35. The maximum atomic E-state index is 10.9. The minimum absolute atomic E-state index is 0.000699. The van der Waals surface area contributed by atoms with Crippen molar-refractivity contribution in [2.45, 2.75) is 13.8 Å². The summed E-state index contributed by atoms with van der Waals surface area (Å²) in [5.41, 5.74) is 1.77. The fourth-order valence-electron chi connectivity index (χ4n) is 1.75. The van der Waals surface area contributed by atoms with E-state index in [4.69, 9.17) is 10.00 Å². The van der Waals surface area contributed by atoms with Gasteiger partial charge in [-0.15, -0.1) is 0 Å². The molecule has 0 atom stereocenters. The van der Waals surface area contributed by atoms with Crippen LogP contribution in [-0.4, -0.2) is 9.91 Å². The van der Waals surface area contributed by atoms with Gasteiger partial charge < -0.3 is 4.74 Å². The number of nitriles is 1. The van der Waals surface area contributed by atoms with E-state index >= 15 is 0 Å². The molecule has 0 aliphatic rings. The van der Waals surface area contributed by atoms with E-state index in [-0.39, 0.29) is 11.6 Å². The van der Waals surface area contributed by atoms with Crippen LogP contribution in [0.15, 0.2) is 30.5 Å². The van der Waals surface area contributed by atoms with Crippen LogP contribution in [0.1, 0.15) is 16.7 Å². The zero-order valence-corrected chi connectivity index (χ0v) is 11.0. The molecule has 0 N–H and O–H groups in total. The first-order valence-electron chi connectivity index (χ1n) is 5.81. The molecule has 6 heteroatoms. The summed E-state index contributed by atoms with van der Waals surface area (Å²) in [6.07, 6.45) is 1.38. The van der Waals surface area contributed by atoms with Crippen LogP contribution in [0.5, 0.6) is 11.6 Å². The number of aromatic nitrogens is 1. The van der Waals surface area contributed by atoms with E-state index < -0.39 is 4.92 Å². The molecule has 0 radical (unpaired) electrons. The van der Waals surface area contributed by atoms with Gasteiger partial charge in [-0.05, 0) is 31.5 Å². The summed E-state index contributed by atoms with van der Waals surface area (Å²) in [5.74, 6) is 0.657. The van der Waals surface area contributed by atoms with Crippen molar-refractivity contribution < 1.29 is 9.66 Å². The number of ether oxygens (including phenoxy) is 1. The fraction of sp³-hybridized carbons (Fsp3) is 0.143. The van der Waals surface area contributed by atoms with Crippen molar-refractivity contribution in [3.63, 3.8) is 0 Å². The van der Waals surface area contributed by atoms with Crippen LogP contribution in [0.3, 0.4) is 0 Å². The lowest BCUT2D eigenvalue weighted by Gasteiger charge is -2.09. The highest BCUT2D eigenvalue weighted by molar-refractivity contribution is 5.50. The van der Waals surface area contributed by atoms with E-state index in [0.29, 0.717) is 16.9 Å². The summed E-state index contributed by atoms with van der Waals surface area (Å²) >= 11 is 0. The Bertz CT molecular complexity index is 703. The molecule has 0 unspecified atom stereocenters. The maximum absolute atomic E-state index is 10.9. The normalized spacial score (nSPS) is 9.85. The molecule has 0 fully saturated rings. The third-order valence-electron chi connectivity index (χ3n) is 2.77. The van der Waals surface area contributed by atoms with Crippen molar-refractivity contribution in [1.82, 2.24) is 4.98 Å². The van der Waals surface area contributed by atoms with Crippen molar-refractivity contribution in [2.24, 2.45) is 0 Å². The number of hydrogen-bond acceptors (Lipinski definition) is 5. The number of nitro benzene ring substituents is 1. The molecule has 0 saturated heterocycles. The first kappa shape index (κ1) is 13.5. The number of nitrogens with zero attached hydrogens (tertiary/aromatic N) is 3. The van der Waals surface area contributed by atoms with E-state index in [1.165, 1.54) is 12.3 Å². The second-order valence-corrected chi connectivity index (χ2v) is 4.26. The minimum Gasteiger partial charge on any atom is -0.439 e. The lowest BCUT2D eigenvalue weighted by Crippen LogP contribution is -1.96. The van der Waals surface area contributed by atoms with Crippen molar-refractivity contribution in [3.05, 3.63) is 57.3 Å². The van der Waals surface area contributed by atoms with Gasteiger partial charge in [0.05, 0.1) is 16.6 Å². The van der Waals surface area contributed by atoms with Gasteiger partial charge in [-0.2, -0.15) is 5.26 Å². The van der Waals surface area contributed by atoms with Gasteiger partial charge in [0.15, 0.2) is 0 Å². The standard InChI is InChI=1S/C14H11N3O3/c1-9-5-10(2)13(6-12(9)17(18)19)20-14-4-3-11(7-15)8-16-14/h3-6,8H,1-2H3. The van der Waals surface area contributed by atoms with E-state index in [9.17, 15) is 10.1 Å². The predicted molar refractivity (Wildman–Crippen MR) is 71.6 cm³/mol. The van der Waals surface area contributed by atoms with Gasteiger partial charge in [-0.1, -0.05) is 0 Å². The predicted octanol–water partition coefficient (Wildman–Crippen LogP) is 3.27. The van der Waals surface area contributed by atoms with Crippen molar-refractivity contribution in [1.29, 1.82) is 5.26 Å². The zero-order chi connectivity index (χ0) is 14.7. The summed E-state index contributed by atoms with van der Waals surface area (Å²) in [5, 5.41) is 19.6. The Labute approximate surface area is 115 Å². The number of aryl methyl sites for hydroxylation is 2. The van der Waals surface area contributed by atoms with E-state index in [1.807, 2.05) is 6.07 Å². The second-order valence-electron chi connectivity index (χ2n) is 4.26. The molecular formula is C14H11N3O3. The molecule has 0 spiro atoms. The number of pyridine rings is 1. The highest BCUT2D eigenvalue weighted by Crippen LogP contribution is 2.30. The molecule has 2 aromatic rings.